The average molecular weight is 379 g/mol. The largest absolute Gasteiger partial charge is 0.506 e. The maximum absolute atomic E-state index is 11.4. The topological polar surface area (TPSA) is 125 Å². The summed E-state index contributed by atoms with van der Waals surface area (Å²) in [6.07, 6.45) is -0.875. The van der Waals surface area contributed by atoms with Crippen molar-refractivity contribution in [3.05, 3.63) is 58.7 Å². The highest BCUT2D eigenvalue weighted by Crippen LogP contribution is 2.28. The molecule has 2 aromatic rings. The Balaban J connectivity index is 2.09. The molecule has 26 heavy (non-hydrogen) atoms. The molecule has 0 saturated carbocycles. The molecule has 0 aliphatic carbocycles. The zero-order chi connectivity index (χ0) is 19.5. The van der Waals surface area contributed by atoms with Gasteiger partial charge in [-0.2, -0.15) is 0 Å². The van der Waals surface area contributed by atoms with Gasteiger partial charge in [-0.25, -0.2) is 8.42 Å². The molecule has 0 aliphatic rings. The average Bonchev–Trinajstić information content (AvgIpc) is 2.52. The van der Waals surface area contributed by atoms with Crippen LogP contribution in [0.4, 0.5) is 5.69 Å². The fourth-order valence-electron chi connectivity index (χ4n) is 2.74. The fraction of sp³-hybridized carbons (Fsp3) is 0.333. The highest BCUT2D eigenvalue weighted by Gasteiger charge is 2.19. The van der Waals surface area contributed by atoms with E-state index >= 15 is 0 Å². The van der Waals surface area contributed by atoms with Gasteiger partial charge in [0.15, 0.2) is 0 Å². The predicted molar refractivity (Wildman–Crippen MR) is 102 cm³/mol. The number of nitrogens with one attached hydrogen (secondary N) is 2. The highest BCUT2D eigenvalue weighted by atomic mass is 32.2. The Morgan fingerprint density at radius 2 is 1.73 bits per heavy atom. The SMILES string of the molecule is Cc1cc(C)cc(CN[C@@H](N)[C@H](O)c2ccc(O)c(NS(C)(=O)=O)c2)c1. The summed E-state index contributed by atoms with van der Waals surface area (Å²) in [5.41, 5.74) is 9.74. The van der Waals surface area contributed by atoms with E-state index in [1.807, 2.05) is 26.0 Å². The molecule has 2 atom stereocenters. The third-order valence-electron chi connectivity index (χ3n) is 3.82. The second-order valence-corrected chi connectivity index (χ2v) is 8.25. The minimum atomic E-state index is -3.56. The minimum absolute atomic E-state index is 0.00874. The fourth-order valence-corrected chi connectivity index (χ4v) is 3.31. The molecule has 0 amide bonds. The lowest BCUT2D eigenvalue weighted by Gasteiger charge is -2.22. The molecular formula is C18H25N3O4S. The molecule has 6 N–H and O–H groups in total. The van der Waals surface area contributed by atoms with Gasteiger partial charge in [-0.1, -0.05) is 35.4 Å². The maximum Gasteiger partial charge on any atom is 0.229 e. The van der Waals surface area contributed by atoms with E-state index in [-0.39, 0.29) is 11.4 Å². The molecule has 0 radical (unpaired) electrons. The molecule has 142 valence electrons. The van der Waals surface area contributed by atoms with Gasteiger partial charge in [0.2, 0.25) is 10.0 Å². The lowest BCUT2D eigenvalue weighted by molar-refractivity contribution is 0.130. The first kappa shape index (κ1) is 20.2. The molecule has 0 bridgehead atoms. The van der Waals surface area contributed by atoms with Gasteiger partial charge in [-0.05, 0) is 37.1 Å². The molecule has 8 heteroatoms. The molecule has 2 rings (SSSR count). The van der Waals surface area contributed by atoms with E-state index in [0.29, 0.717) is 12.1 Å². The van der Waals surface area contributed by atoms with Crippen LogP contribution in [0, 0.1) is 13.8 Å². The van der Waals surface area contributed by atoms with Gasteiger partial charge in [0.05, 0.1) is 18.1 Å². The first-order valence-corrected chi connectivity index (χ1v) is 9.99. The number of aliphatic hydroxyl groups is 1. The van der Waals surface area contributed by atoms with Gasteiger partial charge in [0.25, 0.3) is 0 Å². The Bertz CT molecular complexity index is 864. The normalized spacial score (nSPS) is 14.0. The third-order valence-corrected chi connectivity index (χ3v) is 4.41. The standard InChI is InChI=1S/C18H25N3O4S/c1-11-6-12(2)8-13(7-11)10-20-18(19)17(23)14-4-5-16(22)15(9-14)21-26(3,24)25/h4-9,17-18,20-23H,10,19H2,1-3H3/t17-,18-/m1/s1. The third kappa shape index (κ3) is 5.70. The van der Waals surface area contributed by atoms with E-state index in [4.69, 9.17) is 5.73 Å². The van der Waals surface area contributed by atoms with Gasteiger partial charge < -0.3 is 15.9 Å². The summed E-state index contributed by atoms with van der Waals surface area (Å²) >= 11 is 0. The number of aliphatic hydroxyl groups excluding tert-OH is 1. The van der Waals surface area contributed by atoms with E-state index in [0.717, 1.165) is 22.9 Å². The van der Waals surface area contributed by atoms with Gasteiger partial charge in [-0.15, -0.1) is 0 Å². The van der Waals surface area contributed by atoms with Crippen molar-refractivity contribution in [3.8, 4) is 5.75 Å². The zero-order valence-corrected chi connectivity index (χ0v) is 15.8. The number of hydrogen-bond donors (Lipinski definition) is 5. The number of benzene rings is 2. The first-order chi connectivity index (χ1) is 12.0. The molecule has 0 aliphatic heterocycles. The van der Waals surface area contributed by atoms with Crippen LogP contribution in [0.1, 0.15) is 28.4 Å². The van der Waals surface area contributed by atoms with E-state index in [1.165, 1.54) is 18.2 Å². The van der Waals surface area contributed by atoms with Gasteiger partial charge >= 0.3 is 0 Å². The number of rotatable bonds is 7. The van der Waals surface area contributed by atoms with Gasteiger partial charge in [0.1, 0.15) is 11.9 Å². The number of aromatic hydroxyl groups is 1. The summed E-state index contributed by atoms with van der Waals surface area (Å²) in [6, 6.07) is 10.3. The van der Waals surface area contributed by atoms with Crippen LogP contribution in [0.2, 0.25) is 0 Å². The van der Waals surface area contributed by atoms with Crippen LogP contribution in [0.5, 0.6) is 5.75 Å². The van der Waals surface area contributed by atoms with Crippen molar-refractivity contribution in [2.45, 2.75) is 32.7 Å². The number of nitrogens with two attached hydrogens (primary N) is 1. The molecule has 0 aromatic heterocycles. The number of sulfonamides is 1. The van der Waals surface area contributed by atoms with Gasteiger partial charge in [-0.3, -0.25) is 10.0 Å². The van der Waals surface area contributed by atoms with E-state index in [2.05, 4.69) is 16.1 Å². The Hall–Kier alpha value is -2.13. The lowest BCUT2D eigenvalue weighted by Crippen LogP contribution is -2.42. The van der Waals surface area contributed by atoms with Crippen molar-refractivity contribution >= 4 is 15.7 Å². The van der Waals surface area contributed by atoms with Crippen molar-refractivity contribution in [2.24, 2.45) is 5.73 Å². The van der Waals surface area contributed by atoms with Crippen LogP contribution in [0.25, 0.3) is 0 Å². The van der Waals surface area contributed by atoms with E-state index in [1.54, 1.807) is 0 Å². The molecule has 0 saturated heterocycles. The first-order valence-electron chi connectivity index (χ1n) is 8.10. The second-order valence-electron chi connectivity index (χ2n) is 6.50. The lowest BCUT2D eigenvalue weighted by atomic mass is 10.0. The maximum atomic E-state index is 11.4. The Kier molecular flexibility index (Phi) is 6.25. The summed E-state index contributed by atoms with van der Waals surface area (Å²) in [5.74, 6) is -0.233. The van der Waals surface area contributed by atoms with Crippen molar-refractivity contribution in [3.63, 3.8) is 0 Å². The summed E-state index contributed by atoms with van der Waals surface area (Å²) in [6.45, 7) is 4.50. The van der Waals surface area contributed by atoms with E-state index in [9.17, 15) is 18.6 Å². The quantitative estimate of drug-likeness (QED) is 0.367. The number of aryl methyl sites for hydroxylation is 2. The van der Waals surface area contributed by atoms with Crippen LogP contribution in [0.3, 0.4) is 0 Å². The monoisotopic (exact) mass is 379 g/mol. The minimum Gasteiger partial charge on any atom is -0.506 e. The molecular weight excluding hydrogens is 354 g/mol. The van der Waals surface area contributed by atoms with Crippen LogP contribution in [0.15, 0.2) is 36.4 Å². The van der Waals surface area contributed by atoms with E-state index < -0.39 is 22.3 Å². The van der Waals surface area contributed by atoms with Crippen molar-refractivity contribution in [1.29, 1.82) is 0 Å². The van der Waals surface area contributed by atoms with Crippen molar-refractivity contribution in [1.82, 2.24) is 5.32 Å². The Labute approximate surface area is 153 Å². The summed E-state index contributed by atoms with van der Waals surface area (Å²) in [4.78, 5) is 0. The van der Waals surface area contributed by atoms with Crippen LogP contribution in [-0.4, -0.2) is 31.1 Å². The smallest absolute Gasteiger partial charge is 0.229 e. The van der Waals surface area contributed by atoms with Crippen LogP contribution in [-0.2, 0) is 16.6 Å². The number of phenolic OH excluding ortho intramolecular Hbond substituents is 1. The molecule has 0 fully saturated rings. The summed E-state index contributed by atoms with van der Waals surface area (Å²) in [7, 11) is -3.56. The Morgan fingerprint density at radius 1 is 1.12 bits per heavy atom. The molecule has 7 nitrogen and oxygen atoms in total. The predicted octanol–water partition coefficient (Wildman–Crippen LogP) is 1.49. The molecule has 0 unspecified atom stereocenters. The second kappa shape index (κ2) is 8.05. The number of hydrogen-bond acceptors (Lipinski definition) is 6. The number of phenols is 1. The van der Waals surface area contributed by atoms with Gasteiger partial charge in [0, 0.05) is 6.54 Å². The zero-order valence-electron chi connectivity index (χ0n) is 15.0. The van der Waals surface area contributed by atoms with Crippen LogP contribution < -0.4 is 15.8 Å². The van der Waals surface area contributed by atoms with Crippen LogP contribution >= 0.6 is 0 Å². The number of anilines is 1. The molecule has 0 spiro atoms. The highest BCUT2D eigenvalue weighted by molar-refractivity contribution is 7.92. The summed E-state index contributed by atoms with van der Waals surface area (Å²) < 4.78 is 24.9. The molecule has 2 aromatic carbocycles. The summed E-state index contributed by atoms with van der Waals surface area (Å²) in [5, 5.41) is 23.3. The molecule has 0 heterocycles. The van der Waals surface area contributed by atoms with Crippen molar-refractivity contribution < 1.29 is 18.6 Å². The van der Waals surface area contributed by atoms with Crippen molar-refractivity contribution in [2.75, 3.05) is 11.0 Å². The Morgan fingerprint density at radius 3 is 2.31 bits per heavy atom.